The quantitative estimate of drug-likeness (QED) is 0.607. The highest BCUT2D eigenvalue weighted by molar-refractivity contribution is 7.99. The highest BCUT2D eigenvalue weighted by Crippen LogP contribution is 2.27. The molecule has 3 saturated heterocycles. The zero-order chi connectivity index (χ0) is 21.9. The number of halogens is 2. The number of nitrogens with one attached hydrogen (secondary N) is 2. The van der Waals surface area contributed by atoms with E-state index in [1.54, 1.807) is 17.8 Å². The van der Waals surface area contributed by atoms with Crippen LogP contribution in [-0.4, -0.2) is 72.2 Å². The van der Waals surface area contributed by atoms with Crippen molar-refractivity contribution in [2.24, 2.45) is 5.92 Å². The molecule has 0 aliphatic carbocycles. The molecule has 0 unspecified atom stereocenters. The van der Waals surface area contributed by atoms with Crippen LogP contribution in [0.25, 0.3) is 10.9 Å². The van der Waals surface area contributed by atoms with Crippen LogP contribution in [0.15, 0.2) is 16.9 Å². The van der Waals surface area contributed by atoms with Crippen LogP contribution in [-0.2, 0) is 10.5 Å². The predicted octanol–water partition coefficient (Wildman–Crippen LogP) is 2.96. The van der Waals surface area contributed by atoms with Crippen LogP contribution in [0.3, 0.4) is 0 Å². The van der Waals surface area contributed by atoms with Crippen molar-refractivity contribution in [3.8, 4) is 5.75 Å². The van der Waals surface area contributed by atoms with Crippen molar-refractivity contribution in [2.75, 3.05) is 46.0 Å². The highest BCUT2D eigenvalue weighted by Gasteiger charge is 2.28. The third kappa shape index (κ3) is 6.00. The topological polar surface area (TPSA) is 79.5 Å². The average molecular weight is 499 g/mol. The van der Waals surface area contributed by atoms with Gasteiger partial charge in [0.15, 0.2) is 0 Å². The number of piperidine rings is 1. The predicted molar refractivity (Wildman–Crippen MR) is 131 cm³/mol. The Morgan fingerprint density at radius 2 is 1.94 bits per heavy atom. The zero-order valence-electron chi connectivity index (χ0n) is 18.7. The number of ether oxygens (including phenoxy) is 2. The molecule has 1 aromatic carbocycles. The second kappa shape index (κ2) is 11.4. The Bertz CT molecular complexity index is 992. The van der Waals surface area contributed by atoms with Crippen molar-refractivity contribution in [1.82, 2.24) is 20.2 Å². The van der Waals surface area contributed by atoms with Crippen molar-refractivity contribution < 1.29 is 13.9 Å². The molecular weight excluding hydrogens is 467 g/mol. The third-order valence-corrected chi connectivity index (χ3v) is 8.20. The lowest BCUT2D eigenvalue weighted by atomic mass is 9.95. The van der Waals surface area contributed by atoms with E-state index in [-0.39, 0.29) is 17.8 Å². The summed E-state index contributed by atoms with van der Waals surface area (Å²) in [5, 5.41) is 3.83. The minimum Gasteiger partial charge on any atom is -0.493 e. The van der Waals surface area contributed by atoms with Crippen LogP contribution < -0.4 is 15.6 Å². The molecule has 4 heterocycles. The van der Waals surface area contributed by atoms with Gasteiger partial charge in [-0.2, -0.15) is 11.8 Å². The summed E-state index contributed by atoms with van der Waals surface area (Å²) in [6, 6.07) is 3.70. The Morgan fingerprint density at radius 1 is 1.18 bits per heavy atom. The van der Waals surface area contributed by atoms with E-state index in [2.05, 4.69) is 20.2 Å². The maximum atomic E-state index is 14.7. The Morgan fingerprint density at radius 3 is 2.64 bits per heavy atom. The Labute approximate surface area is 203 Å². The van der Waals surface area contributed by atoms with E-state index >= 15 is 0 Å². The summed E-state index contributed by atoms with van der Waals surface area (Å²) in [5.41, 5.74) is -0.0712. The lowest BCUT2D eigenvalue weighted by Crippen LogP contribution is -2.58. The average Bonchev–Trinajstić information content (AvgIpc) is 2.76. The number of fused-ring (bicyclic) bond motifs is 1. The van der Waals surface area contributed by atoms with E-state index in [1.165, 1.54) is 6.07 Å². The fourth-order valence-corrected chi connectivity index (χ4v) is 5.73. The van der Waals surface area contributed by atoms with Gasteiger partial charge >= 0.3 is 0 Å². The molecule has 0 atom stereocenters. The van der Waals surface area contributed by atoms with Gasteiger partial charge in [-0.05, 0) is 44.7 Å². The minimum absolute atomic E-state index is 0. The van der Waals surface area contributed by atoms with Gasteiger partial charge < -0.3 is 19.8 Å². The molecule has 5 rings (SSSR count). The number of nitrogens with zero attached hydrogens (tertiary/aromatic N) is 2. The second-order valence-corrected chi connectivity index (χ2v) is 10.3. The monoisotopic (exact) mass is 498 g/mol. The zero-order valence-corrected chi connectivity index (χ0v) is 20.3. The summed E-state index contributed by atoms with van der Waals surface area (Å²) < 4.78 is 26.1. The van der Waals surface area contributed by atoms with Crippen molar-refractivity contribution >= 4 is 35.1 Å². The summed E-state index contributed by atoms with van der Waals surface area (Å²) in [6.45, 7) is 6.51. The van der Waals surface area contributed by atoms with Gasteiger partial charge in [-0.15, -0.1) is 12.4 Å². The SMILES string of the molecule is Cl.O=c1[nH]c(CSC2CCOCC2)nc2cc(OCC3CCN(C4CNC4)CC3)cc(F)c12. The van der Waals surface area contributed by atoms with Crippen molar-refractivity contribution in [3.63, 3.8) is 0 Å². The highest BCUT2D eigenvalue weighted by atomic mass is 35.5. The molecule has 33 heavy (non-hydrogen) atoms. The van der Waals surface area contributed by atoms with Gasteiger partial charge in [-0.1, -0.05) is 0 Å². The third-order valence-electron chi connectivity index (χ3n) is 6.82. The van der Waals surface area contributed by atoms with Gasteiger partial charge in [0.2, 0.25) is 0 Å². The van der Waals surface area contributed by atoms with Crippen LogP contribution in [0.2, 0.25) is 0 Å². The summed E-state index contributed by atoms with van der Waals surface area (Å²) in [5.74, 6) is 1.51. The molecule has 0 saturated carbocycles. The van der Waals surface area contributed by atoms with E-state index in [1.807, 2.05) is 0 Å². The molecule has 0 spiro atoms. The number of thioether (sulfide) groups is 1. The molecule has 182 valence electrons. The van der Waals surface area contributed by atoms with Gasteiger partial charge in [0.1, 0.15) is 22.8 Å². The van der Waals surface area contributed by atoms with E-state index in [0.717, 1.165) is 65.1 Å². The standard InChI is InChI=1S/C23H31FN4O3S.ClH/c24-19-9-17(31-13-15-1-5-28(6-2-15)16-11-25-12-16)10-20-22(19)23(29)27-21(26-20)14-32-18-3-7-30-8-4-18;/h9-10,15-16,18,25H,1-8,11-14H2,(H,26,27,29);1H. The maximum Gasteiger partial charge on any atom is 0.261 e. The number of hydrogen-bond acceptors (Lipinski definition) is 7. The van der Waals surface area contributed by atoms with Crippen LogP contribution in [0, 0.1) is 11.7 Å². The molecule has 2 aromatic rings. The molecule has 10 heteroatoms. The number of benzene rings is 1. The largest absolute Gasteiger partial charge is 0.493 e. The smallest absolute Gasteiger partial charge is 0.261 e. The van der Waals surface area contributed by atoms with Gasteiger partial charge in [0.25, 0.3) is 5.56 Å². The summed E-state index contributed by atoms with van der Waals surface area (Å²) >= 11 is 1.77. The molecule has 0 radical (unpaired) electrons. The lowest BCUT2D eigenvalue weighted by Gasteiger charge is -2.42. The summed E-state index contributed by atoms with van der Waals surface area (Å²) in [4.78, 5) is 22.3. The Kier molecular flexibility index (Phi) is 8.51. The number of aromatic nitrogens is 2. The number of H-pyrrole nitrogens is 1. The molecule has 3 aliphatic rings. The van der Waals surface area contributed by atoms with Crippen molar-refractivity contribution in [2.45, 2.75) is 42.7 Å². The van der Waals surface area contributed by atoms with Crippen LogP contribution >= 0.6 is 24.2 Å². The van der Waals surface area contributed by atoms with Gasteiger partial charge in [-0.3, -0.25) is 9.69 Å². The summed E-state index contributed by atoms with van der Waals surface area (Å²) in [6.07, 6.45) is 4.20. The molecular formula is C23H32ClFN4O3S. The molecule has 3 fully saturated rings. The van der Waals surface area contributed by atoms with Crippen LogP contribution in [0.1, 0.15) is 31.5 Å². The Hall–Kier alpha value is -1.39. The first kappa shape index (κ1) is 24.7. The van der Waals surface area contributed by atoms with Crippen molar-refractivity contribution in [3.05, 3.63) is 34.1 Å². The first-order chi connectivity index (χ1) is 15.7. The second-order valence-electron chi connectivity index (χ2n) is 9.04. The van der Waals surface area contributed by atoms with Gasteiger partial charge in [0, 0.05) is 49.7 Å². The molecule has 2 N–H and O–H groups in total. The molecule has 0 amide bonds. The van der Waals surface area contributed by atoms with E-state index < -0.39 is 11.4 Å². The first-order valence-corrected chi connectivity index (χ1v) is 12.7. The number of rotatable bonds is 7. The Balaban J connectivity index is 0.00000259. The fourth-order valence-electron chi connectivity index (χ4n) is 4.67. The normalized spacial score (nSPS) is 21.0. The van der Waals surface area contributed by atoms with Gasteiger partial charge in [-0.25, -0.2) is 9.37 Å². The van der Waals surface area contributed by atoms with Crippen molar-refractivity contribution in [1.29, 1.82) is 0 Å². The van der Waals surface area contributed by atoms with E-state index in [9.17, 15) is 9.18 Å². The number of aromatic amines is 1. The number of likely N-dealkylation sites (tertiary alicyclic amines) is 1. The van der Waals surface area contributed by atoms with Gasteiger partial charge in [0.05, 0.1) is 17.9 Å². The molecule has 0 bridgehead atoms. The first-order valence-electron chi connectivity index (χ1n) is 11.6. The van der Waals surface area contributed by atoms with E-state index in [0.29, 0.717) is 46.7 Å². The molecule has 1 aromatic heterocycles. The molecule has 7 nitrogen and oxygen atoms in total. The number of hydrogen-bond donors (Lipinski definition) is 2. The summed E-state index contributed by atoms with van der Waals surface area (Å²) in [7, 11) is 0. The van der Waals surface area contributed by atoms with E-state index in [4.69, 9.17) is 9.47 Å². The minimum atomic E-state index is -0.581. The molecule has 3 aliphatic heterocycles. The van der Waals surface area contributed by atoms with Crippen LogP contribution in [0.5, 0.6) is 5.75 Å². The maximum absolute atomic E-state index is 14.7. The lowest BCUT2D eigenvalue weighted by molar-refractivity contribution is 0.0823. The van der Waals surface area contributed by atoms with Crippen LogP contribution in [0.4, 0.5) is 4.39 Å². The fraction of sp³-hybridized carbons (Fsp3) is 0.652.